The van der Waals surface area contributed by atoms with Gasteiger partial charge in [0.15, 0.2) is 17.3 Å². The summed E-state index contributed by atoms with van der Waals surface area (Å²) in [5.41, 5.74) is 9.89. The fourth-order valence-corrected chi connectivity index (χ4v) is 2.68. The van der Waals surface area contributed by atoms with Gasteiger partial charge in [0.25, 0.3) is 0 Å². The Morgan fingerprint density at radius 2 is 2.12 bits per heavy atom. The molecule has 24 heavy (non-hydrogen) atoms. The molecule has 7 nitrogen and oxygen atoms in total. The van der Waals surface area contributed by atoms with E-state index in [0.717, 1.165) is 16.7 Å². The Balaban J connectivity index is 2.30. The number of aryl methyl sites for hydroxylation is 1. The monoisotopic (exact) mass is 324 g/mol. The molecule has 0 saturated carbocycles. The van der Waals surface area contributed by atoms with Gasteiger partial charge in [-0.2, -0.15) is 5.10 Å². The van der Waals surface area contributed by atoms with E-state index in [9.17, 15) is 0 Å². The van der Waals surface area contributed by atoms with Crippen LogP contribution in [0.3, 0.4) is 0 Å². The van der Waals surface area contributed by atoms with Crippen molar-refractivity contribution in [3.63, 3.8) is 0 Å². The highest BCUT2D eigenvalue weighted by atomic mass is 16.3. The molecular formula is C17H20N6O. The molecule has 0 unspecified atom stereocenters. The topological polar surface area (TPSA) is 94.6 Å². The van der Waals surface area contributed by atoms with E-state index in [1.165, 1.54) is 0 Å². The molecule has 3 aromatic rings. The minimum atomic E-state index is 0.112. The number of benzene rings is 1. The number of hydrogen-bond donors (Lipinski definition) is 1. The number of oxazole rings is 1. The van der Waals surface area contributed by atoms with Crippen LogP contribution in [-0.4, -0.2) is 34.4 Å². The summed E-state index contributed by atoms with van der Waals surface area (Å²) in [6.07, 6.45) is 0. The molecule has 1 aromatic carbocycles. The van der Waals surface area contributed by atoms with Gasteiger partial charge in [-0.15, -0.1) is 0 Å². The molecular weight excluding hydrogens is 304 g/mol. The fourth-order valence-electron chi connectivity index (χ4n) is 2.68. The Hall–Kier alpha value is -2.96. The van der Waals surface area contributed by atoms with E-state index < -0.39 is 0 Å². The number of rotatable bonds is 4. The van der Waals surface area contributed by atoms with Crippen LogP contribution >= 0.6 is 0 Å². The first-order valence-corrected chi connectivity index (χ1v) is 7.65. The number of amidine groups is 1. The summed E-state index contributed by atoms with van der Waals surface area (Å²) >= 11 is 0. The van der Waals surface area contributed by atoms with Gasteiger partial charge in [-0.3, -0.25) is 4.99 Å². The second-order valence-corrected chi connectivity index (χ2v) is 5.77. The van der Waals surface area contributed by atoms with Gasteiger partial charge >= 0.3 is 0 Å². The second-order valence-electron chi connectivity index (χ2n) is 5.77. The third-order valence-electron chi connectivity index (χ3n) is 3.79. The number of nitrogens with zero attached hydrogens (tertiary/aromatic N) is 5. The Labute approximate surface area is 139 Å². The minimum Gasteiger partial charge on any atom is -0.441 e. The lowest BCUT2D eigenvalue weighted by molar-refractivity contribution is 0.538. The molecule has 0 aliphatic carbocycles. The molecule has 3 rings (SSSR count). The molecule has 7 heteroatoms. The van der Waals surface area contributed by atoms with Gasteiger partial charge in [0, 0.05) is 25.6 Å². The summed E-state index contributed by atoms with van der Waals surface area (Å²) in [7, 11) is 1.64. The van der Waals surface area contributed by atoms with E-state index in [1.54, 1.807) is 11.7 Å². The normalized spacial score (nSPS) is 12.3. The predicted molar refractivity (Wildman–Crippen MR) is 96.2 cm³/mol. The van der Waals surface area contributed by atoms with Crippen molar-refractivity contribution < 1.29 is 4.42 Å². The fraction of sp³-hybridized carbons (Fsp3) is 0.294. The van der Waals surface area contributed by atoms with Gasteiger partial charge in [0.2, 0.25) is 0 Å². The molecule has 0 bridgehead atoms. The van der Waals surface area contributed by atoms with Gasteiger partial charge in [0.05, 0.1) is 5.56 Å². The van der Waals surface area contributed by atoms with E-state index in [-0.39, 0.29) is 6.04 Å². The maximum absolute atomic E-state index is 6.11. The number of aliphatic imine (C=N–C) groups is 2. The number of aromatic nitrogens is 3. The largest absolute Gasteiger partial charge is 0.441 e. The third kappa shape index (κ3) is 2.47. The highest BCUT2D eigenvalue weighted by molar-refractivity contribution is 6.07. The van der Waals surface area contributed by atoms with Crippen molar-refractivity contribution in [1.29, 1.82) is 0 Å². The van der Waals surface area contributed by atoms with Gasteiger partial charge in [-0.1, -0.05) is 0 Å². The van der Waals surface area contributed by atoms with E-state index in [2.05, 4.69) is 21.7 Å². The average Bonchev–Trinajstić information content (AvgIpc) is 3.12. The quantitative estimate of drug-likeness (QED) is 0.588. The Bertz CT molecular complexity index is 948. The molecule has 0 fully saturated rings. The van der Waals surface area contributed by atoms with Gasteiger partial charge < -0.3 is 10.2 Å². The summed E-state index contributed by atoms with van der Waals surface area (Å²) < 4.78 is 7.33. The van der Waals surface area contributed by atoms with Gasteiger partial charge in [-0.05, 0) is 38.8 Å². The molecule has 0 spiro atoms. The lowest BCUT2D eigenvalue weighted by Crippen LogP contribution is -2.14. The van der Waals surface area contributed by atoms with Gasteiger partial charge in [-0.25, -0.2) is 14.7 Å². The highest BCUT2D eigenvalue weighted by Crippen LogP contribution is 2.33. The molecule has 2 aromatic heterocycles. The molecule has 0 saturated heterocycles. The maximum Gasteiger partial charge on any atom is 0.192 e. The van der Waals surface area contributed by atoms with E-state index in [4.69, 9.17) is 15.2 Å². The number of nitrogens with two attached hydrogens (primary N) is 1. The molecule has 2 N–H and O–H groups in total. The molecule has 0 aliphatic rings. The van der Waals surface area contributed by atoms with Crippen molar-refractivity contribution >= 4 is 29.5 Å². The predicted octanol–water partition coefficient (Wildman–Crippen LogP) is 3.25. The van der Waals surface area contributed by atoms with Crippen LogP contribution in [0.5, 0.6) is 0 Å². The van der Waals surface area contributed by atoms with Crippen LogP contribution < -0.4 is 5.73 Å². The Kier molecular flexibility index (Phi) is 3.92. The van der Waals surface area contributed by atoms with Crippen LogP contribution in [0, 0.1) is 6.92 Å². The molecule has 0 amide bonds. The summed E-state index contributed by atoms with van der Waals surface area (Å²) in [5.74, 6) is 1.61. The van der Waals surface area contributed by atoms with Crippen molar-refractivity contribution in [2.24, 2.45) is 15.7 Å². The molecule has 124 valence electrons. The van der Waals surface area contributed by atoms with Crippen molar-refractivity contribution in [2.75, 3.05) is 7.05 Å². The smallest absolute Gasteiger partial charge is 0.192 e. The van der Waals surface area contributed by atoms with Crippen molar-refractivity contribution in [3.05, 3.63) is 29.7 Å². The van der Waals surface area contributed by atoms with E-state index in [0.29, 0.717) is 28.8 Å². The first-order chi connectivity index (χ1) is 11.5. The average molecular weight is 324 g/mol. The van der Waals surface area contributed by atoms with Crippen LogP contribution in [0.2, 0.25) is 0 Å². The van der Waals surface area contributed by atoms with Crippen LogP contribution in [-0.2, 0) is 0 Å². The minimum absolute atomic E-state index is 0.112. The van der Waals surface area contributed by atoms with E-state index in [1.807, 2.05) is 39.0 Å². The maximum atomic E-state index is 6.11. The Morgan fingerprint density at radius 3 is 2.75 bits per heavy atom. The molecule has 0 atom stereocenters. The highest BCUT2D eigenvalue weighted by Gasteiger charge is 2.23. The SMILES string of the molecule is C=Nc1c(C(N)=NC)c(-c2ccc3oc(C)nc3c2)nn1C(C)C. The standard InChI is InChI=1S/C17H20N6O/c1-9(2)23-17(20-5)14(16(18)19-4)15(22-23)11-6-7-13-12(8-11)21-10(3)24-13/h6-9H,5H2,1-4H3,(H2,18,19). The second kappa shape index (κ2) is 5.92. The zero-order chi connectivity index (χ0) is 17.4. The lowest BCUT2D eigenvalue weighted by atomic mass is 10.1. The summed E-state index contributed by atoms with van der Waals surface area (Å²) in [4.78, 5) is 12.6. The van der Waals surface area contributed by atoms with Crippen molar-refractivity contribution in [1.82, 2.24) is 14.8 Å². The zero-order valence-corrected chi connectivity index (χ0v) is 14.2. The van der Waals surface area contributed by atoms with E-state index >= 15 is 0 Å². The number of hydrogen-bond acceptors (Lipinski definition) is 5. The van der Waals surface area contributed by atoms with Crippen LogP contribution in [0.25, 0.3) is 22.4 Å². The van der Waals surface area contributed by atoms with Crippen LogP contribution in [0.1, 0.15) is 31.3 Å². The summed E-state index contributed by atoms with van der Waals surface area (Å²) in [5, 5.41) is 4.70. The lowest BCUT2D eigenvalue weighted by Gasteiger charge is -2.07. The van der Waals surface area contributed by atoms with Gasteiger partial charge in [0.1, 0.15) is 17.0 Å². The van der Waals surface area contributed by atoms with Crippen molar-refractivity contribution in [3.8, 4) is 11.3 Å². The molecule has 0 radical (unpaired) electrons. The Morgan fingerprint density at radius 1 is 1.38 bits per heavy atom. The molecule has 0 aliphatic heterocycles. The van der Waals surface area contributed by atoms with Crippen LogP contribution in [0.15, 0.2) is 32.6 Å². The first-order valence-electron chi connectivity index (χ1n) is 7.65. The zero-order valence-electron chi connectivity index (χ0n) is 14.2. The molecule has 2 heterocycles. The van der Waals surface area contributed by atoms with Crippen molar-refractivity contribution in [2.45, 2.75) is 26.8 Å². The first kappa shape index (κ1) is 15.9. The summed E-state index contributed by atoms with van der Waals surface area (Å²) in [6.45, 7) is 9.54. The number of fused-ring (bicyclic) bond motifs is 1. The summed E-state index contributed by atoms with van der Waals surface area (Å²) in [6, 6.07) is 5.85. The third-order valence-corrected chi connectivity index (χ3v) is 3.79. The van der Waals surface area contributed by atoms with Crippen LogP contribution in [0.4, 0.5) is 5.82 Å².